The van der Waals surface area contributed by atoms with Crippen LogP contribution in [-0.4, -0.2) is 42.0 Å². The van der Waals surface area contributed by atoms with E-state index in [1.807, 2.05) is 26.2 Å². The van der Waals surface area contributed by atoms with Crippen LogP contribution in [0.15, 0.2) is 41.5 Å². The topological polar surface area (TPSA) is 104 Å². The summed E-state index contributed by atoms with van der Waals surface area (Å²) in [4.78, 5) is 29.5. The van der Waals surface area contributed by atoms with Crippen LogP contribution in [0.2, 0.25) is 0 Å². The number of primary amides is 1. The molecule has 0 atom stereocenters. The predicted molar refractivity (Wildman–Crippen MR) is 105 cm³/mol. The Morgan fingerprint density at radius 2 is 2.04 bits per heavy atom. The molecule has 27 heavy (non-hydrogen) atoms. The van der Waals surface area contributed by atoms with Gasteiger partial charge in [0.1, 0.15) is 0 Å². The first-order valence-electron chi connectivity index (χ1n) is 8.51. The van der Waals surface area contributed by atoms with Crippen LogP contribution in [0, 0.1) is 0 Å². The smallest absolute Gasteiger partial charge is 0.272 e. The first-order chi connectivity index (χ1) is 12.9. The minimum Gasteiger partial charge on any atom is -0.366 e. The Bertz CT molecular complexity index is 1110. The number of amides is 2. The van der Waals surface area contributed by atoms with Crippen molar-refractivity contribution in [3.8, 4) is 11.3 Å². The van der Waals surface area contributed by atoms with E-state index in [4.69, 9.17) is 5.73 Å². The molecular formula is C20H19N5O2. The molecule has 0 saturated heterocycles. The van der Waals surface area contributed by atoms with Crippen LogP contribution in [-0.2, 0) is 6.54 Å². The number of nitrogens with zero attached hydrogens (tertiary/aromatic N) is 2. The molecule has 1 aliphatic heterocycles. The fourth-order valence-corrected chi connectivity index (χ4v) is 3.44. The highest BCUT2D eigenvalue weighted by Gasteiger charge is 2.23. The van der Waals surface area contributed by atoms with Crippen molar-refractivity contribution in [2.75, 3.05) is 14.1 Å². The third-order valence-electron chi connectivity index (χ3n) is 4.54. The molecule has 2 amide bonds. The zero-order valence-electron chi connectivity index (χ0n) is 15.0. The largest absolute Gasteiger partial charge is 0.366 e. The van der Waals surface area contributed by atoms with Crippen molar-refractivity contribution in [1.29, 1.82) is 0 Å². The van der Waals surface area contributed by atoms with Gasteiger partial charge in [0.15, 0.2) is 0 Å². The van der Waals surface area contributed by atoms with E-state index < -0.39 is 5.91 Å². The van der Waals surface area contributed by atoms with Crippen molar-refractivity contribution < 1.29 is 9.59 Å². The van der Waals surface area contributed by atoms with Crippen LogP contribution in [0.5, 0.6) is 0 Å². The summed E-state index contributed by atoms with van der Waals surface area (Å²) in [6.45, 7) is 0.814. The Morgan fingerprint density at radius 3 is 2.78 bits per heavy atom. The number of hydrogen-bond acceptors (Lipinski definition) is 4. The molecule has 0 aliphatic carbocycles. The van der Waals surface area contributed by atoms with Gasteiger partial charge in [0, 0.05) is 28.6 Å². The molecule has 2 aromatic carbocycles. The maximum Gasteiger partial charge on any atom is 0.272 e. The number of hydrazone groups is 1. The number of benzene rings is 2. The molecule has 0 radical (unpaired) electrons. The average molecular weight is 361 g/mol. The van der Waals surface area contributed by atoms with Crippen LogP contribution in [0.1, 0.15) is 31.8 Å². The number of rotatable bonds is 4. The van der Waals surface area contributed by atoms with Crippen molar-refractivity contribution in [1.82, 2.24) is 15.3 Å². The van der Waals surface area contributed by atoms with E-state index in [0.29, 0.717) is 11.1 Å². The van der Waals surface area contributed by atoms with Crippen LogP contribution in [0.4, 0.5) is 0 Å². The molecule has 1 aromatic heterocycles. The van der Waals surface area contributed by atoms with E-state index in [9.17, 15) is 9.59 Å². The summed E-state index contributed by atoms with van der Waals surface area (Å²) < 4.78 is 0. The lowest BCUT2D eigenvalue weighted by Crippen LogP contribution is -2.18. The molecule has 2 heterocycles. The van der Waals surface area contributed by atoms with E-state index in [-0.39, 0.29) is 11.5 Å². The Balaban J connectivity index is 1.97. The highest BCUT2D eigenvalue weighted by atomic mass is 16.2. The van der Waals surface area contributed by atoms with Gasteiger partial charge >= 0.3 is 0 Å². The minimum atomic E-state index is -0.586. The second kappa shape index (κ2) is 6.37. The van der Waals surface area contributed by atoms with Gasteiger partial charge in [0.05, 0.1) is 17.5 Å². The second-order valence-corrected chi connectivity index (χ2v) is 6.86. The lowest BCUT2D eigenvalue weighted by atomic mass is 9.99. The number of carbonyl (C=O) groups is 2. The maximum atomic E-state index is 12.4. The Hall–Kier alpha value is -3.45. The SMILES string of the molecule is CN(C)Cc1cccc(-c2[nH]c3cc(C(N)=O)cc4c3c2C=NNC4=O)c1. The van der Waals surface area contributed by atoms with Crippen molar-refractivity contribution in [2.45, 2.75) is 6.54 Å². The van der Waals surface area contributed by atoms with E-state index in [2.05, 4.69) is 32.5 Å². The number of nitrogens with one attached hydrogen (secondary N) is 2. The lowest BCUT2D eigenvalue weighted by molar-refractivity contribution is 0.0957. The molecule has 136 valence electrons. The highest BCUT2D eigenvalue weighted by Crippen LogP contribution is 2.33. The summed E-state index contributed by atoms with van der Waals surface area (Å²) in [6, 6.07) is 11.4. The molecule has 0 bridgehead atoms. The standard InChI is InChI=1S/C20H19N5O2/c1-25(2)10-11-4-3-5-12(6-11)18-15-9-22-24-20(27)14-7-13(19(21)26)8-16(23-18)17(14)15/h3-9,23H,10H2,1-2H3,(H2,21,26)(H,24,27). The van der Waals surface area contributed by atoms with Crippen molar-refractivity contribution >= 4 is 28.9 Å². The molecule has 3 aromatic rings. The predicted octanol–water partition coefficient (Wildman–Crippen LogP) is 2.07. The lowest BCUT2D eigenvalue weighted by Gasteiger charge is -2.10. The summed E-state index contributed by atoms with van der Waals surface area (Å²) in [6.07, 6.45) is 1.63. The van der Waals surface area contributed by atoms with E-state index in [1.54, 1.807) is 12.3 Å². The number of nitrogens with two attached hydrogens (primary N) is 1. The molecular weight excluding hydrogens is 342 g/mol. The van der Waals surface area contributed by atoms with E-state index >= 15 is 0 Å². The molecule has 0 fully saturated rings. The number of aromatic amines is 1. The first-order valence-corrected chi connectivity index (χ1v) is 8.51. The zero-order valence-corrected chi connectivity index (χ0v) is 15.0. The van der Waals surface area contributed by atoms with Gasteiger partial charge in [0.2, 0.25) is 5.91 Å². The van der Waals surface area contributed by atoms with Gasteiger partial charge in [0.25, 0.3) is 5.91 Å². The van der Waals surface area contributed by atoms with Gasteiger partial charge in [-0.1, -0.05) is 18.2 Å². The van der Waals surface area contributed by atoms with Gasteiger partial charge < -0.3 is 15.6 Å². The molecule has 0 spiro atoms. The fourth-order valence-electron chi connectivity index (χ4n) is 3.44. The van der Waals surface area contributed by atoms with Gasteiger partial charge in [-0.25, -0.2) is 5.43 Å². The molecule has 4 N–H and O–H groups in total. The van der Waals surface area contributed by atoms with Crippen LogP contribution < -0.4 is 11.2 Å². The molecule has 7 nitrogen and oxygen atoms in total. The molecule has 4 rings (SSSR count). The quantitative estimate of drug-likeness (QED) is 0.663. The van der Waals surface area contributed by atoms with Gasteiger partial charge in [-0.2, -0.15) is 5.10 Å². The maximum absolute atomic E-state index is 12.4. The second-order valence-electron chi connectivity index (χ2n) is 6.86. The number of H-pyrrole nitrogens is 1. The summed E-state index contributed by atoms with van der Waals surface area (Å²) in [7, 11) is 4.04. The van der Waals surface area contributed by atoms with Gasteiger partial charge in [-0.3, -0.25) is 9.59 Å². The Morgan fingerprint density at radius 1 is 1.22 bits per heavy atom. The molecule has 7 heteroatoms. The van der Waals surface area contributed by atoms with Gasteiger partial charge in [-0.05, 0) is 43.4 Å². The molecule has 0 saturated carbocycles. The van der Waals surface area contributed by atoms with Crippen LogP contribution in [0.3, 0.4) is 0 Å². The zero-order chi connectivity index (χ0) is 19.1. The van der Waals surface area contributed by atoms with E-state index in [0.717, 1.165) is 28.8 Å². The fraction of sp³-hybridized carbons (Fsp3) is 0.150. The van der Waals surface area contributed by atoms with Crippen LogP contribution in [0.25, 0.3) is 22.2 Å². The summed E-state index contributed by atoms with van der Waals surface area (Å²) in [5.74, 6) is -0.957. The van der Waals surface area contributed by atoms with Gasteiger partial charge in [-0.15, -0.1) is 0 Å². The average Bonchev–Trinajstić information content (AvgIpc) is 2.90. The third kappa shape index (κ3) is 2.98. The normalized spacial score (nSPS) is 13.1. The van der Waals surface area contributed by atoms with Crippen LogP contribution >= 0.6 is 0 Å². The van der Waals surface area contributed by atoms with Crippen molar-refractivity contribution in [3.05, 3.63) is 58.7 Å². The molecule has 1 aliphatic rings. The summed E-state index contributed by atoms with van der Waals surface area (Å²) >= 11 is 0. The molecule has 0 unspecified atom stereocenters. The highest BCUT2D eigenvalue weighted by molar-refractivity contribution is 6.18. The minimum absolute atomic E-state index is 0.273. The Kier molecular flexibility index (Phi) is 4.01. The van der Waals surface area contributed by atoms with Crippen molar-refractivity contribution in [3.63, 3.8) is 0 Å². The summed E-state index contributed by atoms with van der Waals surface area (Å²) in [5.41, 5.74) is 13.0. The summed E-state index contributed by atoms with van der Waals surface area (Å²) in [5, 5.41) is 4.75. The number of carbonyl (C=O) groups excluding carboxylic acids is 2. The third-order valence-corrected chi connectivity index (χ3v) is 4.54. The monoisotopic (exact) mass is 361 g/mol. The van der Waals surface area contributed by atoms with E-state index in [1.165, 1.54) is 11.6 Å². The van der Waals surface area contributed by atoms with Crippen molar-refractivity contribution in [2.24, 2.45) is 10.8 Å². The number of aromatic nitrogens is 1. The Labute approximate surface area is 155 Å². The first kappa shape index (κ1) is 17.0. The number of hydrogen-bond donors (Lipinski definition) is 3.